The number of carbonyl (C=O) groups excluding carboxylic acids is 1. The highest BCUT2D eigenvalue weighted by Gasteiger charge is 2.14. The molecule has 0 aliphatic heterocycles. The molecule has 0 radical (unpaired) electrons. The van der Waals surface area contributed by atoms with Gasteiger partial charge in [0.25, 0.3) is 5.91 Å². The Balaban J connectivity index is 2.35. The Morgan fingerprint density at radius 1 is 0.909 bits per heavy atom. The van der Waals surface area contributed by atoms with Crippen molar-refractivity contribution in [1.29, 1.82) is 0 Å². The van der Waals surface area contributed by atoms with Crippen LogP contribution in [-0.2, 0) is 0 Å². The number of hydrogen-bond donors (Lipinski definition) is 1. The van der Waals surface area contributed by atoms with E-state index in [1.54, 1.807) is 32.4 Å². The fraction of sp³-hybridized carbons (Fsp3) is 0.278. The first-order valence-corrected chi connectivity index (χ1v) is 7.07. The van der Waals surface area contributed by atoms with Crippen LogP contribution < -0.4 is 14.8 Å². The van der Waals surface area contributed by atoms with Crippen molar-refractivity contribution in [2.45, 2.75) is 20.8 Å². The molecule has 2 aromatic carbocycles. The van der Waals surface area contributed by atoms with Gasteiger partial charge in [-0.05, 0) is 55.7 Å². The molecule has 0 unspecified atom stereocenters. The molecule has 4 heteroatoms. The van der Waals surface area contributed by atoms with Crippen LogP contribution in [0.3, 0.4) is 0 Å². The summed E-state index contributed by atoms with van der Waals surface area (Å²) >= 11 is 0. The van der Waals surface area contributed by atoms with Crippen molar-refractivity contribution in [2.24, 2.45) is 0 Å². The molecule has 116 valence electrons. The summed E-state index contributed by atoms with van der Waals surface area (Å²) in [6.45, 7) is 5.97. The summed E-state index contributed by atoms with van der Waals surface area (Å²) in [6, 6.07) is 9.23. The Morgan fingerprint density at radius 3 is 2.23 bits per heavy atom. The van der Waals surface area contributed by atoms with Crippen molar-refractivity contribution >= 4 is 11.6 Å². The number of rotatable bonds is 4. The molecule has 1 amide bonds. The van der Waals surface area contributed by atoms with Gasteiger partial charge >= 0.3 is 0 Å². The average molecular weight is 299 g/mol. The summed E-state index contributed by atoms with van der Waals surface area (Å²) in [5.41, 5.74) is 4.46. The van der Waals surface area contributed by atoms with Crippen LogP contribution in [0.4, 0.5) is 5.69 Å². The molecule has 0 heterocycles. The fourth-order valence-electron chi connectivity index (χ4n) is 2.31. The van der Waals surface area contributed by atoms with Crippen LogP contribution in [0.15, 0.2) is 30.3 Å². The van der Waals surface area contributed by atoms with E-state index in [-0.39, 0.29) is 5.91 Å². The monoisotopic (exact) mass is 299 g/mol. The number of ether oxygens (including phenoxy) is 2. The van der Waals surface area contributed by atoms with E-state index >= 15 is 0 Å². The van der Waals surface area contributed by atoms with Crippen LogP contribution in [-0.4, -0.2) is 20.1 Å². The van der Waals surface area contributed by atoms with Gasteiger partial charge in [0.05, 0.1) is 19.9 Å². The van der Waals surface area contributed by atoms with Crippen molar-refractivity contribution in [3.63, 3.8) is 0 Å². The van der Waals surface area contributed by atoms with Gasteiger partial charge in [0.2, 0.25) is 0 Å². The van der Waals surface area contributed by atoms with Crippen LogP contribution in [0.5, 0.6) is 11.5 Å². The van der Waals surface area contributed by atoms with Gasteiger partial charge in [-0.2, -0.15) is 0 Å². The molecule has 0 aliphatic carbocycles. The molecule has 0 spiro atoms. The summed E-state index contributed by atoms with van der Waals surface area (Å²) in [5, 5.41) is 2.90. The lowest BCUT2D eigenvalue weighted by molar-refractivity contribution is 0.102. The van der Waals surface area contributed by atoms with Gasteiger partial charge in [-0.15, -0.1) is 0 Å². The Bertz CT molecular complexity index is 708. The summed E-state index contributed by atoms with van der Waals surface area (Å²) < 4.78 is 10.5. The van der Waals surface area contributed by atoms with Crippen LogP contribution in [0.25, 0.3) is 0 Å². The molecule has 4 nitrogen and oxygen atoms in total. The predicted octanol–water partition coefficient (Wildman–Crippen LogP) is 3.88. The SMILES string of the molecule is COc1ccc(OC)c(NC(=O)c2cc(C)c(C)cc2C)c1. The first kappa shape index (κ1) is 15.9. The molecule has 1 N–H and O–H groups in total. The lowest BCUT2D eigenvalue weighted by Gasteiger charge is -2.14. The number of hydrogen-bond acceptors (Lipinski definition) is 3. The van der Waals surface area contributed by atoms with Crippen molar-refractivity contribution < 1.29 is 14.3 Å². The molecule has 0 bridgehead atoms. The van der Waals surface area contributed by atoms with Gasteiger partial charge in [0.1, 0.15) is 11.5 Å². The maximum absolute atomic E-state index is 12.6. The Kier molecular flexibility index (Phi) is 4.71. The zero-order valence-electron chi connectivity index (χ0n) is 13.6. The number of benzene rings is 2. The molecule has 0 atom stereocenters. The van der Waals surface area contributed by atoms with Crippen LogP contribution in [0.2, 0.25) is 0 Å². The van der Waals surface area contributed by atoms with Crippen molar-refractivity contribution in [1.82, 2.24) is 0 Å². The number of amides is 1. The molecule has 0 aliphatic rings. The largest absolute Gasteiger partial charge is 0.497 e. The van der Waals surface area contributed by atoms with Crippen LogP contribution in [0, 0.1) is 20.8 Å². The summed E-state index contributed by atoms with van der Waals surface area (Å²) in [7, 11) is 3.15. The molecular weight excluding hydrogens is 278 g/mol. The number of methoxy groups -OCH3 is 2. The van der Waals surface area contributed by atoms with Gasteiger partial charge in [-0.3, -0.25) is 4.79 Å². The second kappa shape index (κ2) is 6.52. The first-order valence-electron chi connectivity index (χ1n) is 7.07. The predicted molar refractivity (Wildman–Crippen MR) is 88.2 cm³/mol. The van der Waals surface area contributed by atoms with E-state index in [4.69, 9.17) is 9.47 Å². The van der Waals surface area contributed by atoms with Gasteiger partial charge in [-0.1, -0.05) is 6.07 Å². The van der Waals surface area contributed by atoms with E-state index in [0.717, 1.165) is 11.1 Å². The molecular formula is C18H21NO3. The lowest BCUT2D eigenvalue weighted by atomic mass is 10.0. The van der Waals surface area contributed by atoms with Gasteiger partial charge in [0, 0.05) is 11.6 Å². The highest BCUT2D eigenvalue weighted by atomic mass is 16.5. The number of aryl methyl sites for hydroxylation is 3. The van der Waals surface area contributed by atoms with Gasteiger partial charge in [-0.25, -0.2) is 0 Å². The first-order chi connectivity index (χ1) is 10.5. The maximum Gasteiger partial charge on any atom is 0.256 e. The second-order valence-corrected chi connectivity index (χ2v) is 5.27. The van der Waals surface area contributed by atoms with Crippen molar-refractivity contribution in [3.05, 3.63) is 52.6 Å². The van der Waals surface area contributed by atoms with E-state index in [0.29, 0.717) is 22.7 Å². The third-order valence-corrected chi connectivity index (χ3v) is 3.74. The third-order valence-electron chi connectivity index (χ3n) is 3.74. The van der Waals surface area contributed by atoms with Crippen molar-refractivity contribution in [3.8, 4) is 11.5 Å². The lowest BCUT2D eigenvalue weighted by Crippen LogP contribution is -2.14. The van der Waals surface area contributed by atoms with Crippen LogP contribution in [0.1, 0.15) is 27.0 Å². The topological polar surface area (TPSA) is 47.6 Å². The normalized spacial score (nSPS) is 10.2. The molecule has 0 aromatic heterocycles. The quantitative estimate of drug-likeness (QED) is 0.932. The highest BCUT2D eigenvalue weighted by molar-refractivity contribution is 6.06. The van der Waals surface area contributed by atoms with E-state index < -0.39 is 0 Å². The molecule has 0 saturated carbocycles. The number of carbonyl (C=O) groups is 1. The molecule has 2 rings (SSSR count). The maximum atomic E-state index is 12.6. The molecule has 22 heavy (non-hydrogen) atoms. The number of nitrogens with one attached hydrogen (secondary N) is 1. The second-order valence-electron chi connectivity index (χ2n) is 5.27. The Morgan fingerprint density at radius 2 is 1.59 bits per heavy atom. The molecule has 0 fully saturated rings. The smallest absolute Gasteiger partial charge is 0.256 e. The zero-order valence-corrected chi connectivity index (χ0v) is 13.6. The molecule has 2 aromatic rings. The van der Waals surface area contributed by atoms with Gasteiger partial charge < -0.3 is 14.8 Å². The van der Waals surface area contributed by atoms with Crippen molar-refractivity contribution in [2.75, 3.05) is 19.5 Å². The van der Waals surface area contributed by atoms with E-state index in [9.17, 15) is 4.79 Å². The summed E-state index contributed by atoms with van der Waals surface area (Å²) in [5.74, 6) is 1.09. The van der Waals surface area contributed by atoms with E-state index in [1.165, 1.54) is 5.56 Å². The standard InChI is InChI=1S/C18H21NO3/c1-11-8-13(3)15(9-12(11)2)18(20)19-16-10-14(21-4)6-7-17(16)22-5/h6-10H,1-5H3,(H,19,20). The number of anilines is 1. The summed E-state index contributed by atoms with van der Waals surface area (Å²) in [4.78, 5) is 12.6. The molecule has 0 saturated heterocycles. The zero-order chi connectivity index (χ0) is 16.3. The average Bonchev–Trinajstić information content (AvgIpc) is 2.50. The highest BCUT2D eigenvalue weighted by Crippen LogP contribution is 2.29. The van der Waals surface area contributed by atoms with Crippen LogP contribution >= 0.6 is 0 Å². The summed E-state index contributed by atoms with van der Waals surface area (Å²) in [6.07, 6.45) is 0. The van der Waals surface area contributed by atoms with E-state index in [1.807, 2.05) is 32.9 Å². The third kappa shape index (κ3) is 3.22. The minimum atomic E-state index is -0.160. The minimum absolute atomic E-state index is 0.160. The van der Waals surface area contributed by atoms with E-state index in [2.05, 4.69) is 5.32 Å². The Hall–Kier alpha value is -2.49. The minimum Gasteiger partial charge on any atom is -0.497 e. The van der Waals surface area contributed by atoms with Gasteiger partial charge in [0.15, 0.2) is 0 Å². The Labute approximate surface area is 131 Å². The fourth-order valence-corrected chi connectivity index (χ4v) is 2.31.